The molecule has 116 valence electrons. The maximum atomic E-state index is 12.3. The summed E-state index contributed by atoms with van der Waals surface area (Å²) in [5.41, 5.74) is 3.64. The monoisotopic (exact) mass is 291 g/mol. The molecular formula is C16H25N3O2. The molecule has 1 unspecified atom stereocenters. The average molecular weight is 291 g/mol. The Kier molecular flexibility index (Phi) is 4.29. The third kappa shape index (κ3) is 2.59. The van der Waals surface area contributed by atoms with Crippen LogP contribution in [0.25, 0.3) is 0 Å². The van der Waals surface area contributed by atoms with Crippen molar-refractivity contribution in [3.63, 3.8) is 0 Å². The van der Waals surface area contributed by atoms with Gasteiger partial charge in [-0.05, 0) is 26.2 Å². The van der Waals surface area contributed by atoms with Crippen LogP contribution in [-0.4, -0.2) is 33.7 Å². The molecule has 2 aliphatic heterocycles. The summed E-state index contributed by atoms with van der Waals surface area (Å²) < 4.78 is 7.76. The first-order valence-corrected chi connectivity index (χ1v) is 8.21. The summed E-state index contributed by atoms with van der Waals surface area (Å²) in [5.74, 6) is 0.247. The van der Waals surface area contributed by atoms with E-state index in [0.717, 1.165) is 44.7 Å². The van der Waals surface area contributed by atoms with E-state index < -0.39 is 0 Å². The van der Waals surface area contributed by atoms with Crippen molar-refractivity contribution in [2.75, 3.05) is 13.2 Å². The highest BCUT2D eigenvalue weighted by Crippen LogP contribution is 2.35. The van der Waals surface area contributed by atoms with Crippen LogP contribution in [0.4, 0.5) is 0 Å². The highest BCUT2D eigenvalue weighted by atomic mass is 16.5. The number of hydrogen-bond acceptors (Lipinski definition) is 3. The molecule has 2 aliphatic rings. The SMILES string of the molecule is CCC(=O)N1CCCCC1c1nn(CC)c2c1COCC2. The van der Waals surface area contributed by atoms with Crippen molar-refractivity contribution in [1.29, 1.82) is 0 Å². The van der Waals surface area contributed by atoms with Crippen molar-refractivity contribution in [2.24, 2.45) is 0 Å². The predicted octanol–water partition coefficient (Wildman–Crippen LogP) is 2.44. The highest BCUT2D eigenvalue weighted by Gasteiger charge is 2.33. The summed E-state index contributed by atoms with van der Waals surface area (Å²) in [5, 5.41) is 4.84. The molecule has 1 aromatic rings. The Balaban J connectivity index is 1.97. The first-order valence-electron chi connectivity index (χ1n) is 8.21. The minimum absolute atomic E-state index is 0.148. The Morgan fingerprint density at radius 3 is 3.00 bits per heavy atom. The van der Waals surface area contributed by atoms with Gasteiger partial charge < -0.3 is 9.64 Å². The summed E-state index contributed by atoms with van der Waals surface area (Å²) in [6.45, 7) is 7.25. The van der Waals surface area contributed by atoms with Gasteiger partial charge in [-0.3, -0.25) is 9.48 Å². The van der Waals surface area contributed by atoms with Crippen LogP contribution in [0.5, 0.6) is 0 Å². The summed E-state index contributed by atoms with van der Waals surface area (Å²) in [6.07, 6.45) is 4.81. The molecule has 0 spiro atoms. The van der Waals surface area contributed by atoms with Crippen LogP contribution in [0.1, 0.15) is 62.5 Å². The van der Waals surface area contributed by atoms with Gasteiger partial charge >= 0.3 is 0 Å². The Bertz CT molecular complexity index is 524. The van der Waals surface area contributed by atoms with Gasteiger partial charge in [0.1, 0.15) is 0 Å². The highest BCUT2D eigenvalue weighted by molar-refractivity contribution is 5.76. The standard InChI is InChI=1S/C16H25N3O2/c1-3-15(20)18-9-6-5-7-14(18)16-12-11-21-10-8-13(12)19(4-2)17-16/h14H,3-11H2,1-2H3. The van der Waals surface area contributed by atoms with Crippen molar-refractivity contribution >= 4 is 5.91 Å². The van der Waals surface area contributed by atoms with E-state index in [9.17, 15) is 4.79 Å². The van der Waals surface area contributed by atoms with Crippen molar-refractivity contribution in [3.05, 3.63) is 17.0 Å². The van der Waals surface area contributed by atoms with Gasteiger partial charge in [0.05, 0.1) is 24.9 Å². The molecule has 0 N–H and O–H groups in total. The molecule has 0 aliphatic carbocycles. The minimum atomic E-state index is 0.148. The number of carbonyl (C=O) groups is 1. The molecule has 1 saturated heterocycles. The smallest absolute Gasteiger partial charge is 0.222 e. The number of piperidine rings is 1. The molecule has 1 fully saturated rings. The zero-order valence-electron chi connectivity index (χ0n) is 13.1. The van der Waals surface area contributed by atoms with Crippen molar-refractivity contribution in [3.8, 4) is 0 Å². The fraction of sp³-hybridized carbons (Fsp3) is 0.750. The molecule has 0 saturated carbocycles. The topological polar surface area (TPSA) is 47.4 Å². The van der Waals surface area contributed by atoms with Crippen LogP contribution in [0.2, 0.25) is 0 Å². The van der Waals surface area contributed by atoms with Gasteiger partial charge in [-0.15, -0.1) is 0 Å². The van der Waals surface area contributed by atoms with E-state index in [4.69, 9.17) is 9.84 Å². The van der Waals surface area contributed by atoms with E-state index in [-0.39, 0.29) is 11.9 Å². The summed E-state index contributed by atoms with van der Waals surface area (Å²) >= 11 is 0. The second-order valence-corrected chi connectivity index (χ2v) is 5.88. The summed E-state index contributed by atoms with van der Waals surface area (Å²) in [4.78, 5) is 14.3. The minimum Gasteiger partial charge on any atom is -0.376 e. The van der Waals surface area contributed by atoms with Crippen LogP contribution in [0, 0.1) is 0 Å². The van der Waals surface area contributed by atoms with Gasteiger partial charge in [-0.2, -0.15) is 5.10 Å². The fourth-order valence-corrected chi connectivity index (χ4v) is 3.58. The van der Waals surface area contributed by atoms with Crippen molar-refractivity contribution in [1.82, 2.24) is 14.7 Å². The van der Waals surface area contributed by atoms with Crippen LogP contribution < -0.4 is 0 Å². The first-order chi connectivity index (χ1) is 10.3. The van der Waals surface area contributed by atoms with Gasteiger partial charge in [-0.25, -0.2) is 0 Å². The normalized spacial score (nSPS) is 22.2. The fourth-order valence-electron chi connectivity index (χ4n) is 3.58. The zero-order valence-corrected chi connectivity index (χ0v) is 13.1. The van der Waals surface area contributed by atoms with E-state index in [1.165, 1.54) is 17.7 Å². The van der Waals surface area contributed by atoms with Gasteiger partial charge in [0.15, 0.2) is 0 Å². The van der Waals surface area contributed by atoms with Gasteiger partial charge in [0.25, 0.3) is 0 Å². The molecule has 3 heterocycles. The Morgan fingerprint density at radius 1 is 1.38 bits per heavy atom. The number of amides is 1. The molecule has 1 amide bonds. The number of hydrogen-bond donors (Lipinski definition) is 0. The van der Waals surface area contributed by atoms with E-state index in [2.05, 4.69) is 11.6 Å². The summed E-state index contributed by atoms with van der Waals surface area (Å²) in [7, 11) is 0. The maximum absolute atomic E-state index is 12.3. The third-order valence-electron chi connectivity index (χ3n) is 4.67. The van der Waals surface area contributed by atoms with Crippen LogP contribution in [0.15, 0.2) is 0 Å². The van der Waals surface area contributed by atoms with Crippen LogP contribution in [-0.2, 0) is 29.1 Å². The number of ether oxygens (including phenoxy) is 1. The van der Waals surface area contributed by atoms with E-state index >= 15 is 0 Å². The molecule has 0 radical (unpaired) electrons. The molecule has 1 aromatic heterocycles. The second kappa shape index (κ2) is 6.18. The number of likely N-dealkylation sites (tertiary alicyclic amines) is 1. The molecule has 5 heteroatoms. The Morgan fingerprint density at radius 2 is 2.24 bits per heavy atom. The molecule has 0 bridgehead atoms. The van der Waals surface area contributed by atoms with E-state index in [1.807, 2.05) is 11.8 Å². The molecular weight excluding hydrogens is 266 g/mol. The van der Waals surface area contributed by atoms with Crippen molar-refractivity contribution < 1.29 is 9.53 Å². The predicted molar refractivity (Wildman–Crippen MR) is 79.9 cm³/mol. The Hall–Kier alpha value is -1.36. The lowest BCUT2D eigenvalue weighted by Gasteiger charge is -2.35. The molecule has 0 aromatic carbocycles. The van der Waals surface area contributed by atoms with E-state index in [1.54, 1.807) is 0 Å². The maximum Gasteiger partial charge on any atom is 0.222 e. The largest absolute Gasteiger partial charge is 0.376 e. The quantitative estimate of drug-likeness (QED) is 0.859. The molecule has 3 rings (SSSR count). The zero-order chi connectivity index (χ0) is 14.8. The number of rotatable bonds is 3. The number of carbonyl (C=O) groups excluding carboxylic acids is 1. The molecule has 5 nitrogen and oxygen atoms in total. The number of fused-ring (bicyclic) bond motifs is 1. The lowest BCUT2D eigenvalue weighted by Crippen LogP contribution is -2.38. The van der Waals surface area contributed by atoms with Crippen molar-refractivity contribution in [2.45, 2.75) is 65.1 Å². The van der Waals surface area contributed by atoms with Crippen LogP contribution >= 0.6 is 0 Å². The summed E-state index contributed by atoms with van der Waals surface area (Å²) in [6, 6.07) is 0.148. The van der Waals surface area contributed by atoms with Crippen LogP contribution in [0.3, 0.4) is 0 Å². The van der Waals surface area contributed by atoms with Gasteiger partial charge in [0, 0.05) is 37.2 Å². The second-order valence-electron chi connectivity index (χ2n) is 5.88. The number of nitrogens with zero attached hydrogens (tertiary/aromatic N) is 3. The molecule has 21 heavy (non-hydrogen) atoms. The third-order valence-corrected chi connectivity index (χ3v) is 4.67. The average Bonchev–Trinajstić information content (AvgIpc) is 2.93. The molecule has 1 atom stereocenters. The van der Waals surface area contributed by atoms with E-state index in [0.29, 0.717) is 13.0 Å². The number of aromatic nitrogens is 2. The first kappa shape index (κ1) is 14.6. The number of aryl methyl sites for hydroxylation is 1. The lowest BCUT2D eigenvalue weighted by molar-refractivity contribution is -0.134. The lowest BCUT2D eigenvalue weighted by atomic mass is 9.95. The van der Waals surface area contributed by atoms with Gasteiger partial charge in [-0.1, -0.05) is 6.92 Å². The Labute approximate surface area is 126 Å². The van der Waals surface area contributed by atoms with Gasteiger partial charge in [0.2, 0.25) is 5.91 Å².